The van der Waals surface area contributed by atoms with Gasteiger partial charge >= 0.3 is 5.97 Å². The lowest BCUT2D eigenvalue weighted by Crippen LogP contribution is -2.57. The number of nitrogens with two attached hydrogens (primary N) is 2. The van der Waals surface area contributed by atoms with Crippen LogP contribution in [0.1, 0.15) is 74.7 Å². The minimum atomic E-state index is -1.55. The van der Waals surface area contributed by atoms with Crippen LogP contribution < -0.4 is 43.4 Å². The monoisotopic (exact) mass is 771 g/mol. The molecule has 0 aromatic heterocycles. The number of imide groups is 1. The van der Waals surface area contributed by atoms with Crippen molar-refractivity contribution in [2.45, 2.75) is 105 Å². The molecule has 0 spiro atoms. The summed E-state index contributed by atoms with van der Waals surface area (Å²) in [6.45, 7) is 10.3. The van der Waals surface area contributed by atoms with Crippen LogP contribution in [-0.2, 0) is 43.2 Å². The number of carboxylic acids is 1. The highest BCUT2D eigenvalue weighted by Gasteiger charge is 2.33. The summed E-state index contributed by atoms with van der Waals surface area (Å²) in [5.41, 5.74) is 11.5. The van der Waals surface area contributed by atoms with Gasteiger partial charge in [-0.3, -0.25) is 48.1 Å². The summed E-state index contributed by atoms with van der Waals surface area (Å²) in [6.07, 6.45) is 0.799. The molecule has 6 atom stereocenters. The smallest absolute Gasteiger partial charge is 0.323 e. The van der Waals surface area contributed by atoms with Crippen molar-refractivity contribution in [3.05, 3.63) is 0 Å². The van der Waals surface area contributed by atoms with Crippen LogP contribution in [0.5, 0.6) is 0 Å². The molecular weight excluding hydrogens is 710 g/mol. The normalized spacial score (nSPS) is 14.5. The van der Waals surface area contributed by atoms with E-state index in [2.05, 4.69) is 31.9 Å². The van der Waals surface area contributed by atoms with Crippen LogP contribution in [0, 0.1) is 23.7 Å². The van der Waals surface area contributed by atoms with Gasteiger partial charge in [-0.25, -0.2) is 0 Å². The van der Waals surface area contributed by atoms with E-state index in [0.717, 1.165) is 0 Å². The summed E-state index contributed by atoms with van der Waals surface area (Å²) < 4.78 is 0. The molecule has 12 N–H and O–H groups in total. The average molecular weight is 772 g/mol. The number of carboxylic acid groups (broad SMARTS) is 1. The number of carbonyl (C=O) groups excluding carboxylic acids is 8. The minimum Gasteiger partial charge on any atom is -0.480 e. The van der Waals surface area contributed by atoms with Crippen LogP contribution in [0.4, 0.5) is 0 Å². The maximum atomic E-state index is 13.2. The molecule has 20 nitrogen and oxygen atoms in total. The molecule has 54 heavy (non-hydrogen) atoms. The summed E-state index contributed by atoms with van der Waals surface area (Å²) in [7, 11) is 0. The van der Waals surface area contributed by atoms with E-state index in [1.165, 1.54) is 0 Å². The summed E-state index contributed by atoms with van der Waals surface area (Å²) in [5.74, 6) is -8.91. The molecule has 0 aromatic carbocycles. The van der Waals surface area contributed by atoms with Gasteiger partial charge < -0.3 is 53.6 Å². The Labute approximate surface area is 316 Å². The van der Waals surface area contributed by atoms with Crippen molar-refractivity contribution in [2.24, 2.45) is 35.1 Å². The molecule has 0 fully saturated rings. The molecule has 0 radical (unpaired) electrons. The predicted molar refractivity (Wildman–Crippen MR) is 195 cm³/mol. The van der Waals surface area contributed by atoms with Crippen LogP contribution >= 0.6 is 0 Å². The first-order chi connectivity index (χ1) is 25.0. The van der Waals surface area contributed by atoms with Gasteiger partial charge in [-0.15, -0.1) is 0 Å². The lowest BCUT2D eigenvalue weighted by atomic mass is 9.97. The van der Waals surface area contributed by atoms with Crippen molar-refractivity contribution in [3.63, 3.8) is 0 Å². The number of hydrogen-bond donors (Lipinski definition) is 10. The van der Waals surface area contributed by atoms with Crippen LogP contribution in [0.2, 0.25) is 0 Å². The van der Waals surface area contributed by atoms with Crippen molar-refractivity contribution < 1.29 is 53.4 Å². The van der Waals surface area contributed by atoms with Crippen LogP contribution in [0.25, 0.3) is 0 Å². The van der Waals surface area contributed by atoms with Gasteiger partial charge in [0.05, 0.1) is 32.3 Å². The van der Waals surface area contributed by atoms with Gasteiger partial charge in [0.25, 0.3) is 5.91 Å². The number of aliphatic hydroxyl groups excluding tert-OH is 1. The van der Waals surface area contributed by atoms with Crippen LogP contribution in [0.15, 0.2) is 0 Å². The van der Waals surface area contributed by atoms with E-state index in [-0.39, 0.29) is 36.5 Å². The lowest BCUT2D eigenvalue weighted by Gasteiger charge is -2.27. The second-order valence-corrected chi connectivity index (χ2v) is 14.3. The van der Waals surface area contributed by atoms with Gasteiger partial charge in [0.1, 0.15) is 30.7 Å². The molecular formula is C34H61N9O11. The first-order valence-corrected chi connectivity index (χ1v) is 18.0. The van der Waals surface area contributed by atoms with E-state index < -0.39 is 116 Å². The third-order valence-corrected chi connectivity index (χ3v) is 8.16. The van der Waals surface area contributed by atoms with Gasteiger partial charge in [-0.05, 0) is 36.5 Å². The van der Waals surface area contributed by atoms with Crippen molar-refractivity contribution in [1.82, 2.24) is 36.8 Å². The third kappa shape index (κ3) is 18.4. The van der Waals surface area contributed by atoms with Crippen molar-refractivity contribution >= 4 is 53.2 Å². The van der Waals surface area contributed by atoms with E-state index in [1.54, 1.807) is 41.5 Å². The van der Waals surface area contributed by atoms with Gasteiger partial charge in [0.2, 0.25) is 41.4 Å². The Kier molecular flexibility index (Phi) is 22.5. The lowest BCUT2D eigenvalue weighted by molar-refractivity contribution is -0.154. The Morgan fingerprint density at radius 1 is 0.648 bits per heavy atom. The molecule has 308 valence electrons. The maximum Gasteiger partial charge on any atom is 0.323 e. The first-order valence-electron chi connectivity index (χ1n) is 18.0. The Balaban J connectivity index is 5.43. The summed E-state index contributed by atoms with van der Waals surface area (Å²) in [6, 6.07) is -5.68. The SMILES string of the molecule is CCC(C)C(N)C(=O)NC(C(=O)NCC(=O)NC(CC(C)C)C(=O)NCC(=O)NCC(=O)N(CC(=O)O)C(=O)C(CC(C)C)NC(=O)C(N)CO)C(C)C. The fraction of sp³-hybridized carbons (Fsp3) is 0.735. The molecule has 0 aliphatic carbocycles. The Bertz CT molecular complexity index is 1330. The first kappa shape index (κ1) is 49.3. The summed E-state index contributed by atoms with van der Waals surface area (Å²) in [5, 5.41) is 32.9. The molecule has 20 heteroatoms. The zero-order valence-electron chi connectivity index (χ0n) is 32.5. The van der Waals surface area contributed by atoms with E-state index in [9.17, 15) is 48.3 Å². The van der Waals surface area contributed by atoms with Crippen molar-refractivity contribution in [1.29, 1.82) is 0 Å². The largest absolute Gasteiger partial charge is 0.480 e. The highest BCUT2D eigenvalue weighted by Crippen LogP contribution is 2.10. The van der Waals surface area contributed by atoms with E-state index in [4.69, 9.17) is 16.6 Å². The second kappa shape index (κ2) is 24.6. The molecule has 0 aliphatic rings. The number of hydrogen-bond acceptors (Lipinski definition) is 12. The highest BCUT2D eigenvalue weighted by atomic mass is 16.4. The van der Waals surface area contributed by atoms with Gasteiger partial charge in [0.15, 0.2) is 0 Å². The Morgan fingerprint density at radius 2 is 1.19 bits per heavy atom. The molecule has 6 unspecified atom stereocenters. The van der Waals surface area contributed by atoms with E-state index in [1.807, 2.05) is 13.8 Å². The molecule has 0 bridgehead atoms. The number of rotatable bonds is 24. The van der Waals surface area contributed by atoms with Crippen LogP contribution in [-0.4, -0.2) is 131 Å². The fourth-order valence-electron chi connectivity index (χ4n) is 4.81. The molecule has 0 saturated carbocycles. The van der Waals surface area contributed by atoms with E-state index in [0.29, 0.717) is 11.3 Å². The summed E-state index contributed by atoms with van der Waals surface area (Å²) >= 11 is 0. The maximum absolute atomic E-state index is 13.2. The van der Waals surface area contributed by atoms with E-state index >= 15 is 0 Å². The number of amides is 8. The highest BCUT2D eigenvalue weighted by molar-refractivity contribution is 6.03. The molecule has 0 saturated heterocycles. The Morgan fingerprint density at radius 3 is 1.69 bits per heavy atom. The van der Waals surface area contributed by atoms with Crippen LogP contribution in [0.3, 0.4) is 0 Å². The van der Waals surface area contributed by atoms with Gasteiger partial charge in [-0.1, -0.05) is 61.8 Å². The number of nitrogens with zero attached hydrogens (tertiary/aromatic N) is 1. The van der Waals surface area contributed by atoms with Gasteiger partial charge in [0, 0.05) is 0 Å². The van der Waals surface area contributed by atoms with Gasteiger partial charge in [-0.2, -0.15) is 0 Å². The quantitative estimate of drug-likeness (QED) is 0.0460. The summed E-state index contributed by atoms with van der Waals surface area (Å²) in [4.78, 5) is 114. The topological polar surface area (TPSA) is 322 Å². The minimum absolute atomic E-state index is 0.00463. The molecule has 0 heterocycles. The zero-order chi connectivity index (χ0) is 41.9. The van der Waals surface area contributed by atoms with Crippen molar-refractivity contribution in [3.8, 4) is 0 Å². The third-order valence-electron chi connectivity index (χ3n) is 8.16. The zero-order valence-corrected chi connectivity index (χ0v) is 32.5. The number of aliphatic hydroxyl groups is 1. The predicted octanol–water partition coefficient (Wildman–Crippen LogP) is -3.33. The molecule has 0 rings (SSSR count). The Hall–Kier alpha value is -4.69. The number of aliphatic carboxylic acids is 1. The van der Waals surface area contributed by atoms with Crippen molar-refractivity contribution in [2.75, 3.05) is 32.8 Å². The second-order valence-electron chi connectivity index (χ2n) is 14.3. The number of nitrogens with one attached hydrogen (secondary N) is 6. The standard InChI is InChI=1S/C34H61N9O11/c1-9-20(8)28(36)32(52)42-29(19(6)7)33(53)39-13-25(46)40-22(10-17(2)3)31(51)38-12-24(45)37-14-26(47)43(15-27(48)49)34(54)23(11-18(4)5)41-30(50)21(35)16-44/h17-23,28-29,44H,9-16,35-36H2,1-8H3,(H,37,45)(H,38,51)(H,39,53)(H,40,46)(H,41,50)(H,42,52)(H,48,49). The molecule has 0 aromatic rings. The molecule has 0 aliphatic heterocycles. The fourth-order valence-corrected chi connectivity index (χ4v) is 4.81. The average Bonchev–Trinajstić information content (AvgIpc) is 3.10. The molecule has 8 amide bonds. The number of carbonyl (C=O) groups is 9.